The van der Waals surface area contributed by atoms with Gasteiger partial charge in [0.15, 0.2) is 0 Å². The van der Waals surface area contributed by atoms with Crippen molar-refractivity contribution in [3.05, 3.63) is 59.8 Å². The predicted molar refractivity (Wildman–Crippen MR) is 75.3 cm³/mol. The van der Waals surface area contributed by atoms with E-state index in [1.165, 1.54) is 5.56 Å². The van der Waals surface area contributed by atoms with Gasteiger partial charge < -0.3 is 10.6 Å². The van der Waals surface area contributed by atoms with E-state index in [9.17, 15) is 0 Å². The maximum atomic E-state index is 5.58. The third-order valence-electron chi connectivity index (χ3n) is 2.97. The molecule has 1 aromatic heterocycles. The fourth-order valence-corrected chi connectivity index (χ4v) is 1.88. The summed E-state index contributed by atoms with van der Waals surface area (Å²) in [5.41, 5.74) is 7.94. The van der Waals surface area contributed by atoms with Crippen molar-refractivity contribution in [1.29, 1.82) is 0 Å². The van der Waals surface area contributed by atoms with Crippen molar-refractivity contribution in [2.24, 2.45) is 5.73 Å². The van der Waals surface area contributed by atoms with E-state index < -0.39 is 0 Å². The third kappa shape index (κ3) is 3.08. The Labute approximate surface area is 108 Å². The number of anilines is 1. The average Bonchev–Trinajstić information content (AvgIpc) is 2.46. The van der Waals surface area contributed by atoms with Gasteiger partial charge in [-0.1, -0.05) is 36.4 Å². The molecule has 1 heterocycles. The molecule has 2 N–H and O–H groups in total. The summed E-state index contributed by atoms with van der Waals surface area (Å²) in [5.74, 6) is 0.999. The highest BCUT2D eigenvalue weighted by atomic mass is 15.2. The van der Waals surface area contributed by atoms with Crippen molar-refractivity contribution < 1.29 is 0 Å². The lowest BCUT2D eigenvalue weighted by atomic mass is 10.2. The second kappa shape index (κ2) is 6.17. The zero-order valence-corrected chi connectivity index (χ0v) is 10.7. The highest BCUT2D eigenvalue weighted by Crippen LogP contribution is 2.14. The Morgan fingerprint density at radius 2 is 1.83 bits per heavy atom. The second-order valence-electron chi connectivity index (χ2n) is 4.23. The molecule has 0 saturated heterocycles. The van der Waals surface area contributed by atoms with Crippen LogP contribution in [0, 0.1) is 0 Å². The molecule has 3 heteroatoms. The van der Waals surface area contributed by atoms with Gasteiger partial charge in [-0.25, -0.2) is 4.98 Å². The smallest absolute Gasteiger partial charge is 0.128 e. The van der Waals surface area contributed by atoms with E-state index >= 15 is 0 Å². The van der Waals surface area contributed by atoms with E-state index in [0.29, 0.717) is 6.54 Å². The molecule has 3 nitrogen and oxygen atoms in total. The summed E-state index contributed by atoms with van der Waals surface area (Å²) in [5, 5.41) is 0. The lowest BCUT2D eigenvalue weighted by molar-refractivity contribution is 0.812. The maximum absolute atomic E-state index is 5.58. The summed E-state index contributed by atoms with van der Waals surface area (Å²) in [6.07, 6.45) is 1.85. The van der Waals surface area contributed by atoms with E-state index in [1.54, 1.807) is 0 Å². The largest absolute Gasteiger partial charge is 0.353 e. The van der Waals surface area contributed by atoms with Gasteiger partial charge in [-0.2, -0.15) is 0 Å². The summed E-state index contributed by atoms with van der Waals surface area (Å²) in [6, 6.07) is 14.5. The molecule has 0 bridgehead atoms. The van der Waals surface area contributed by atoms with Crippen LogP contribution in [0.15, 0.2) is 48.7 Å². The monoisotopic (exact) mass is 241 g/mol. The van der Waals surface area contributed by atoms with Crippen molar-refractivity contribution in [3.8, 4) is 0 Å². The molecule has 0 amide bonds. The molecule has 0 atom stereocenters. The van der Waals surface area contributed by atoms with E-state index in [-0.39, 0.29) is 0 Å². The van der Waals surface area contributed by atoms with Crippen LogP contribution in [-0.4, -0.2) is 11.5 Å². The highest BCUT2D eigenvalue weighted by Gasteiger charge is 2.06. The zero-order valence-electron chi connectivity index (χ0n) is 10.7. The fourth-order valence-electron chi connectivity index (χ4n) is 1.88. The first kappa shape index (κ1) is 12.6. The summed E-state index contributed by atoms with van der Waals surface area (Å²) in [7, 11) is 0. The molecule has 18 heavy (non-hydrogen) atoms. The van der Waals surface area contributed by atoms with E-state index in [2.05, 4.69) is 41.1 Å². The number of nitrogens with two attached hydrogens (primary N) is 1. The molecule has 0 unspecified atom stereocenters. The van der Waals surface area contributed by atoms with Crippen LogP contribution < -0.4 is 10.6 Å². The van der Waals surface area contributed by atoms with Crippen molar-refractivity contribution in [1.82, 2.24) is 4.98 Å². The molecule has 0 saturated carbocycles. The Kier molecular flexibility index (Phi) is 4.31. The minimum atomic E-state index is 0.540. The van der Waals surface area contributed by atoms with Crippen LogP contribution in [0.5, 0.6) is 0 Å². The summed E-state index contributed by atoms with van der Waals surface area (Å²) >= 11 is 0. The number of benzene rings is 1. The first-order chi connectivity index (χ1) is 8.83. The van der Waals surface area contributed by atoms with Crippen molar-refractivity contribution >= 4 is 5.82 Å². The molecule has 94 valence electrons. The number of hydrogen-bond donors (Lipinski definition) is 1. The highest BCUT2D eigenvalue weighted by molar-refractivity contribution is 5.40. The Morgan fingerprint density at radius 3 is 2.39 bits per heavy atom. The van der Waals surface area contributed by atoms with E-state index in [0.717, 1.165) is 24.5 Å². The Balaban J connectivity index is 2.12. The predicted octanol–water partition coefficient (Wildman–Crippen LogP) is 2.57. The van der Waals surface area contributed by atoms with Crippen LogP contribution in [-0.2, 0) is 13.1 Å². The van der Waals surface area contributed by atoms with Crippen LogP contribution in [0.25, 0.3) is 0 Å². The molecule has 0 spiro atoms. The summed E-state index contributed by atoms with van der Waals surface area (Å²) in [6.45, 7) is 4.50. The normalized spacial score (nSPS) is 10.3. The van der Waals surface area contributed by atoms with Crippen molar-refractivity contribution in [2.75, 3.05) is 11.4 Å². The van der Waals surface area contributed by atoms with Gasteiger partial charge >= 0.3 is 0 Å². The lowest BCUT2D eigenvalue weighted by Gasteiger charge is -2.22. The Hall–Kier alpha value is -1.87. The van der Waals surface area contributed by atoms with Gasteiger partial charge in [0.25, 0.3) is 0 Å². The van der Waals surface area contributed by atoms with E-state index in [1.807, 2.05) is 24.4 Å². The SMILES string of the molecule is CCN(Cc1ccccc1)c1ccc(CN)cn1. The molecule has 2 aromatic rings. The molecule has 0 fully saturated rings. The molecule has 1 aromatic carbocycles. The van der Waals surface area contributed by atoms with Gasteiger partial charge in [-0.05, 0) is 24.1 Å². The lowest BCUT2D eigenvalue weighted by Crippen LogP contribution is -2.23. The van der Waals surface area contributed by atoms with Gasteiger partial charge in [0, 0.05) is 25.8 Å². The quantitative estimate of drug-likeness (QED) is 0.874. The second-order valence-corrected chi connectivity index (χ2v) is 4.23. The van der Waals surface area contributed by atoms with Gasteiger partial charge in [-0.15, -0.1) is 0 Å². The molecule has 2 rings (SSSR count). The van der Waals surface area contributed by atoms with Crippen LogP contribution in [0.2, 0.25) is 0 Å². The van der Waals surface area contributed by atoms with E-state index in [4.69, 9.17) is 5.73 Å². The zero-order chi connectivity index (χ0) is 12.8. The Bertz CT molecular complexity index is 465. The first-order valence-corrected chi connectivity index (χ1v) is 6.27. The molecule has 0 aliphatic rings. The van der Waals surface area contributed by atoms with Gasteiger partial charge in [0.1, 0.15) is 5.82 Å². The Morgan fingerprint density at radius 1 is 1.06 bits per heavy atom. The van der Waals surface area contributed by atoms with Gasteiger partial charge in [-0.3, -0.25) is 0 Å². The number of hydrogen-bond acceptors (Lipinski definition) is 3. The summed E-state index contributed by atoms with van der Waals surface area (Å²) in [4.78, 5) is 6.71. The van der Waals surface area contributed by atoms with Crippen LogP contribution in [0.1, 0.15) is 18.1 Å². The average molecular weight is 241 g/mol. The minimum absolute atomic E-state index is 0.540. The minimum Gasteiger partial charge on any atom is -0.353 e. The first-order valence-electron chi connectivity index (χ1n) is 6.27. The third-order valence-corrected chi connectivity index (χ3v) is 2.97. The number of rotatable bonds is 5. The molecule has 0 radical (unpaired) electrons. The topological polar surface area (TPSA) is 42.1 Å². The molecular formula is C15H19N3. The van der Waals surface area contributed by atoms with Crippen molar-refractivity contribution in [2.45, 2.75) is 20.0 Å². The number of pyridine rings is 1. The number of nitrogens with zero attached hydrogens (tertiary/aromatic N) is 2. The molecule has 0 aliphatic carbocycles. The molecular weight excluding hydrogens is 222 g/mol. The standard InChI is InChI=1S/C15H19N3/c1-2-18(12-13-6-4-3-5-7-13)15-9-8-14(10-16)11-17-15/h3-9,11H,2,10,12,16H2,1H3. The maximum Gasteiger partial charge on any atom is 0.128 e. The van der Waals surface area contributed by atoms with Gasteiger partial charge in [0.05, 0.1) is 0 Å². The van der Waals surface area contributed by atoms with Crippen molar-refractivity contribution in [3.63, 3.8) is 0 Å². The number of aromatic nitrogens is 1. The van der Waals surface area contributed by atoms with Crippen LogP contribution in [0.3, 0.4) is 0 Å². The van der Waals surface area contributed by atoms with Crippen LogP contribution >= 0.6 is 0 Å². The van der Waals surface area contributed by atoms with Gasteiger partial charge in [0.2, 0.25) is 0 Å². The fraction of sp³-hybridized carbons (Fsp3) is 0.267. The van der Waals surface area contributed by atoms with Crippen LogP contribution in [0.4, 0.5) is 5.82 Å². The summed E-state index contributed by atoms with van der Waals surface area (Å²) < 4.78 is 0. The molecule has 0 aliphatic heterocycles.